The number of thioether (sulfide) groups is 1. The molecule has 0 aromatic carbocycles. The molecule has 2 heterocycles. The Bertz CT molecular complexity index is 2490. The molecule has 1 aliphatic rings. The molecule has 1 aromatic rings. The molecule has 1 fully saturated rings. The number of aliphatic hydroxyl groups is 3. The second-order valence-electron chi connectivity index (χ2n) is 18.6. The first-order valence-electron chi connectivity index (χ1n) is 27.5. The minimum atomic E-state index is -5.58. The summed E-state index contributed by atoms with van der Waals surface area (Å²) in [4.78, 5) is 74.0. The van der Waals surface area contributed by atoms with Crippen LogP contribution in [0.1, 0.15) is 123 Å². The minimum absolute atomic E-state index is 0.101. The van der Waals surface area contributed by atoms with Gasteiger partial charge in [0.25, 0.3) is 0 Å². The van der Waals surface area contributed by atoms with E-state index in [1.165, 1.54) is 12.5 Å². The number of esters is 2. The molecule has 22 nitrogen and oxygen atoms in total. The Labute approximate surface area is 486 Å². The first-order chi connectivity index (χ1) is 39.3. The molecule has 2 unspecified atom stereocenters. The summed E-state index contributed by atoms with van der Waals surface area (Å²) in [6, 6.07) is -0.104. The molecule has 82 heavy (non-hydrogen) atoms. The van der Waals surface area contributed by atoms with E-state index < -0.39 is 107 Å². The number of aromatic nitrogens is 2. The summed E-state index contributed by atoms with van der Waals surface area (Å²) in [5, 5.41) is 40.5. The van der Waals surface area contributed by atoms with Crippen LogP contribution < -0.4 is 17.2 Å². The van der Waals surface area contributed by atoms with Crippen LogP contribution in [-0.4, -0.2) is 125 Å². The number of aliphatic carboxylic acids is 1. The third-order valence-electron chi connectivity index (χ3n) is 11.5. The van der Waals surface area contributed by atoms with Gasteiger partial charge in [-0.15, -0.1) is 11.8 Å². The SMILES string of the molecule is CC/C=C\C/C=C\C/C=C\C/C=C\C/C=C\C/C=C\CCC(=O)O[C@H](COC(=O)[C@@H](N)CS[C@H](/C=C/C=C/C=C\C/C=C\CCCCC)[C@@H](O)CCCC(=O)O)COP(=O)(O)OP(=O)(O)OC[C@H]1O[C@@H](n2ccc(N)nc2=O)[C@H](O)[C@@H]1O. The fraction of sp³-hybridized carbons (Fsp3) is 0.526. The number of hydrogen-bond donors (Lipinski definition) is 8. The van der Waals surface area contributed by atoms with Crippen molar-refractivity contribution in [2.24, 2.45) is 5.73 Å². The Kier molecular flexibility index (Phi) is 38.8. The molecule has 458 valence electrons. The molecule has 0 amide bonds. The van der Waals surface area contributed by atoms with Gasteiger partial charge in [-0.2, -0.15) is 9.29 Å². The van der Waals surface area contributed by atoms with E-state index in [0.29, 0.717) is 6.42 Å². The minimum Gasteiger partial charge on any atom is -0.481 e. The van der Waals surface area contributed by atoms with E-state index in [9.17, 15) is 53.4 Å². The second-order valence-corrected chi connectivity index (χ2v) is 22.8. The van der Waals surface area contributed by atoms with Crippen molar-refractivity contribution in [3.8, 4) is 0 Å². The first kappa shape index (κ1) is 73.0. The number of hydrogen-bond acceptors (Lipinski definition) is 19. The number of rotatable bonds is 44. The van der Waals surface area contributed by atoms with Gasteiger partial charge in [-0.3, -0.25) is 28.0 Å². The van der Waals surface area contributed by atoms with Crippen molar-refractivity contribution in [1.29, 1.82) is 0 Å². The van der Waals surface area contributed by atoms with Crippen molar-refractivity contribution >= 4 is 51.1 Å². The Morgan fingerprint density at radius 2 is 1.35 bits per heavy atom. The number of ether oxygens (including phenoxy) is 3. The van der Waals surface area contributed by atoms with Crippen LogP contribution in [0.3, 0.4) is 0 Å². The first-order valence-corrected chi connectivity index (χ1v) is 31.5. The van der Waals surface area contributed by atoms with Crippen molar-refractivity contribution in [2.75, 3.05) is 31.3 Å². The zero-order valence-electron chi connectivity index (χ0n) is 46.9. The van der Waals surface area contributed by atoms with Crippen LogP contribution in [0.5, 0.6) is 0 Å². The number of nitrogens with two attached hydrogens (primary N) is 2. The van der Waals surface area contributed by atoms with Gasteiger partial charge in [-0.25, -0.2) is 13.9 Å². The molecule has 10 atom stereocenters. The third-order valence-corrected chi connectivity index (χ3v) is 15.5. The zero-order valence-corrected chi connectivity index (χ0v) is 49.5. The fourth-order valence-electron chi connectivity index (χ4n) is 7.19. The van der Waals surface area contributed by atoms with Gasteiger partial charge in [0.1, 0.15) is 36.8 Å². The number of carboxylic acid groups (broad SMARTS) is 1. The van der Waals surface area contributed by atoms with E-state index in [1.54, 1.807) is 24.3 Å². The normalized spacial score (nSPS) is 20.2. The van der Waals surface area contributed by atoms with Gasteiger partial charge in [0, 0.05) is 30.0 Å². The van der Waals surface area contributed by atoms with E-state index in [0.717, 1.165) is 80.3 Å². The molecule has 0 radical (unpaired) electrons. The van der Waals surface area contributed by atoms with Gasteiger partial charge in [0.05, 0.1) is 19.3 Å². The van der Waals surface area contributed by atoms with Crippen molar-refractivity contribution in [1.82, 2.24) is 9.55 Å². The Morgan fingerprint density at radius 1 is 0.768 bits per heavy atom. The fourth-order valence-corrected chi connectivity index (χ4v) is 10.4. The molecule has 25 heteroatoms. The molecule has 1 saturated heterocycles. The van der Waals surface area contributed by atoms with Crippen molar-refractivity contribution in [3.05, 3.63) is 144 Å². The lowest BCUT2D eigenvalue weighted by molar-refractivity contribution is -0.161. The topological polar surface area (TPSA) is 349 Å². The molecule has 1 aliphatic heterocycles. The Morgan fingerprint density at radius 3 is 1.96 bits per heavy atom. The lowest BCUT2D eigenvalue weighted by atomic mass is 10.1. The van der Waals surface area contributed by atoms with Crippen LogP contribution >= 0.6 is 27.4 Å². The average Bonchev–Trinajstić information content (AvgIpc) is 3.92. The standard InChI is InChI=1S/C57H86N4O18P2S/c1-3-5-7-9-11-13-15-17-18-19-20-21-22-23-25-27-29-31-33-38-52(65)77-45(42-75-80(70,71)79-81(72,73)76-43-48-53(66)54(67)55(78-48)61-40-39-50(59)60-57(61)69)41-74-56(68)46(58)44-82-49(47(62)35-34-37-51(63)64)36-32-30-28-26-24-16-14-12-10-8-6-4-2/h5,7,11-14,17-18,20-21,23-26,28-32,36,39-40,45-49,53-55,62,66-67H,3-4,6,8-10,15-16,19,22,27,33-35,37-38,41-44,58H2,1-2H3,(H,63,64)(H,70,71)(H,72,73)(H2,59,60,69)/b7-5-,13-11-,14-12-,18-17-,21-20-,25-23-,26-24-,30-28+,31-29-,36-32+/t45-,46+,47+,48-,49-,53-,54-,55-/m1/s1. The highest BCUT2D eigenvalue weighted by molar-refractivity contribution is 8.00. The Balaban J connectivity index is 2.07. The van der Waals surface area contributed by atoms with E-state index in [-0.39, 0.29) is 43.7 Å². The van der Waals surface area contributed by atoms with Gasteiger partial charge in [-0.1, -0.05) is 148 Å². The zero-order chi connectivity index (χ0) is 60.4. The number of allylic oxidation sites excluding steroid dienone is 19. The number of carbonyl (C=O) groups excluding carboxylic acids is 2. The van der Waals surface area contributed by atoms with Crippen molar-refractivity contribution in [2.45, 2.75) is 165 Å². The van der Waals surface area contributed by atoms with E-state index >= 15 is 0 Å². The molecule has 10 N–H and O–H groups in total. The van der Waals surface area contributed by atoms with Crippen molar-refractivity contribution < 1.29 is 81.3 Å². The molecular formula is C57H86N4O18P2S. The van der Waals surface area contributed by atoms with Gasteiger partial charge in [0.2, 0.25) is 0 Å². The maximum absolute atomic E-state index is 13.2. The maximum atomic E-state index is 13.2. The van der Waals surface area contributed by atoms with Crippen LogP contribution in [0.15, 0.2) is 139 Å². The highest BCUT2D eigenvalue weighted by atomic mass is 32.2. The molecule has 0 bridgehead atoms. The number of phosphoric ester groups is 2. The van der Waals surface area contributed by atoms with E-state index in [1.807, 2.05) is 36.5 Å². The average molecular weight is 1210 g/mol. The van der Waals surface area contributed by atoms with Crippen LogP contribution in [-0.2, 0) is 51.1 Å². The third kappa shape index (κ3) is 34.5. The van der Waals surface area contributed by atoms with Crippen LogP contribution in [0.4, 0.5) is 5.82 Å². The summed E-state index contributed by atoms with van der Waals surface area (Å²) in [5.74, 6) is -3.10. The second kappa shape index (κ2) is 43.5. The summed E-state index contributed by atoms with van der Waals surface area (Å²) >= 11 is 1.11. The molecule has 0 aliphatic carbocycles. The lowest BCUT2D eigenvalue weighted by Gasteiger charge is -2.23. The quantitative estimate of drug-likeness (QED) is 0.00993. The number of carbonyl (C=O) groups is 3. The summed E-state index contributed by atoms with van der Waals surface area (Å²) in [6.45, 7) is 1.43. The van der Waals surface area contributed by atoms with E-state index in [2.05, 4.69) is 83.9 Å². The van der Waals surface area contributed by atoms with Crippen LogP contribution in [0.25, 0.3) is 0 Å². The van der Waals surface area contributed by atoms with Gasteiger partial charge in [0.15, 0.2) is 12.3 Å². The molecule has 0 saturated carbocycles. The summed E-state index contributed by atoms with van der Waals surface area (Å²) < 4.78 is 57.0. The number of phosphoric acid groups is 2. The number of nitrogen functional groups attached to an aromatic ring is 1. The summed E-state index contributed by atoms with van der Waals surface area (Å²) in [7, 11) is -11.1. The predicted octanol–water partition coefficient (Wildman–Crippen LogP) is 8.87. The number of aliphatic hydroxyl groups excluding tert-OH is 3. The summed E-state index contributed by atoms with van der Waals surface area (Å²) in [6.07, 6.45) is 42.0. The summed E-state index contributed by atoms with van der Waals surface area (Å²) in [5.41, 5.74) is 10.7. The highest BCUT2D eigenvalue weighted by Gasteiger charge is 2.46. The predicted molar refractivity (Wildman–Crippen MR) is 317 cm³/mol. The lowest BCUT2D eigenvalue weighted by Crippen LogP contribution is -2.38. The number of anilines is 1. The van der Waals surface area contributed by atoms with Gasteiger partial charge >= 0.3 is 39.2 Å². The van der Waals surface area contributed by atoms with Crippen LogP contribution in [0.2, 0.25) is 0 Å². The van der Waals surface area contributed by atoms with E-state index in [4.69, 9.17) is 39.8 Å². The maximum Gasteiger partial charge on any atom is 0.481 e. The molecule has 2 rings (SSSR count). The molecule has 0 spiro atoms. The Hall–Kier alpha value is -5.10. The molecule has 1 aromatic heterocycles. The number of unbranched alkanes of at least 4 members (excludes halogenated alkanes) is 3. The number of nitrogens with zero attached hydrogens (tertiary/aromatic N) is 2. The number of carboxylic acids is 1. The molecular weight excluding hydrogens is 1120 g/mol. The largest absolute Gasteiger partial charge is 0.481 e. The van der Waals surface area contributed by atoms with Gasteiger partial charge < -0.3 is 55.9 Å². The van der Waals surface area contributed by atoms with Gasteiger partial charge in [-0.05, 0) is 83.1 Å². The smallest absolute Gasteiger partial charge is 0.481 e. The highest BCUT2D eigenvalue weighted by Crippen LogP contribution is 2.60. The monoisotopic (exact) mass is 1210 g/mol. The van der Waals surface area contributed by atoms with Crippen molar-refractivity contribution in [3.63, 3.8) is 0 Å². The van der Waals surface area contributed by atoms with Crippen LogP contribution in [0, 0.1) is 0 Å².